The number of aromatic nitrogens is 1. The maximum absolute atomic E-state index is 14.6. The number of carbonyl (C=O) groups is 5. The van der Waals surface area contributed by atoms with Crippen LogP contribution in [0.25, 0.3) is 21.0 Å². The van der Waals surface area contributed by atoms with Crippen molar-refractivity contribution < 1.29 is 24.0 Å². The van der Waals surface area contributed by atoms with Crippen molar-refractivity contribution in [2.45, 2.75) is 68.6 Å². The van der Waals surface area contributed by atoms with E-state index in [-0.39, 0.29) is 31.1 Å². The molecule has 0 aliphatic carbocycles. The van der Waals surface area contributed by atoms with Crippen LogP contribution in [0.3, 0.4) is 0 Å². The summed E-state index contributed by atoms with van der Waals surface area (Å²) >= 11 is 1.57. The zero-order chi connectivity index (χ0) is 39.8. The van der Waals surface area contributed by atoms with Crippen LogP contribution in [-0.4, -0.2) is 84.4 Å². The van der Waals surface area contributed by atoms with E-state index in [0.29, 0.717) is 51.9 Å². The van der Waals surface area contributed by atoms with Crippen LogP contribution in [0.1, 0.15) is 42.4 Å². The first-order valence-electron chi connectivity index (χ1n) is 19.7. The molecule has 298 valence electrons. The third-order valence-corrected chi connectivity index (χ3v) is 12.3. The molecule has 5 amide bonds. The molecule has 14 heteroatoms. The molecule has 3 aromatic carbocycles. The minimum atomic E-state index is -1.27. The smallest absolute Gasteiger partial charge is 0.243 e. The lowest BCUT2D eigenvalue weighted by Gasteiger charge is -2.36. The standard InChI is InChI=1S/C43H50N8O5S/c44-42(56)43(16-20-46-21-17-43)51-41(55)34(22-27-8-2-1-3-9-27)49-39(53)35(23-29-25-47-33-12-6-4-10-31(29)33)50-40(54)36(48-38(52)28-14-18-45-19-15-28)24-30-26-57-37-13-7-5-11-32(30)37/h1-13,25-26,28,34-36,45-47H,14-24H2,(H2,44,56)(H,48,52)(H,49,53)(H,50,54)(H,51,55). The first kappa shape index (κ1) is 39.7. The van der Waals surface area contributed by atoms with E-state index in [9.17, 15) is 24.0 Å². The van der Waals surface area contributed by atoms with E-state index < -0.39 is 47.3 Å². The number of carbonyl (C=O) groups excluding carboxylic acids is 5. The van der Waals surface area contributed by atoms with E-state index in [2.05, 4.69) is 36.9 Å². The number of nitrogens with one attached hydrogen (secondary N) is 7. The van der Waals surface area contributed by atoms with Crippen LogP contribution in [-0.2, 0) is 43.2 Å². The molecule has 0 saturated carbocycles. The number of aromatic amines is 1. The Kier molecular flexibility index (Phi) is 12.6. The molecule has 57 heavy (non-hydrogen) atoms. The second-order valence-electron chi connectivity index (χ2n) is 15.1. The van der Waals surface area contributed by atoms with Crippen molar-refractivity contribution in [3.05, 3.63) is 107 Å². The highest BCUT2D eigenvalue weighted by Gasteiger charge is 2.41. The summed E-state index contributed by atoms with van der Waals surface area (Å²) < 4.78 is 1.07. The Morgan fingerprint density at radius 3 is 2.00 bits per heavy atom. The van der Waals surface area contributed by atoms with Crippen LogP contribution in [0.4, 0.5) is 0 Å². The van der Waals surface area contributed by atoms with Gasteiger partial charge in [0.1, 0.15) is 23.7 Å². The van der Waals surface area contributed by atoms with E-state index in [1.165, 1.54) is 0 Å². The van der Waals surface area contributed by atoms with Crippen molar-refractivity contribution >= 4 is 61.9 Å². The SMILES string of the molecule is NC(=O)C1(NC(=O)C(Cc2ccccc2)NC(=O)C(Cc2c[nH]c3ccccc23)NC(=O)C(Cc2csc3ccccc23)NC(=O)C2CCNCC2)CCNCC1. The molecule has 0 bridgehead atoms. The molecule has 0 spiro atoms. The third kappa shape index (κ3) is 9.53. The number of amides is 5. The molecule has 0 radical (unpaired) electrons. The van der Waals surface area contributed by atoms with Crippen molar-refractivity contribution in [2.75, 3.05) is 26.2 Å². The summed E-state index contributed by atoms with van der Waals surface area (Å²) in [5, 5.41) is 22.3. The monoisotopic (exact) mass is 790 g/mol. The van der Waals surface area contributed by atoms with Gasteiger partial charge in [0.05, 0.1) is 0 Å². The van der Waals surface area contributed by atoms with E-state index in [1.54, 1.807) is 11.3 Å². The topological polar surface area (TPSA) is 199 Å². The molecular weight excluding hydrogens is 741 g/mol. The maximum atomic E-state index is 14.6. The summed E-state index contributed by atoms with van der Waals surface area (Å²) in [7, 11) is 0. The van der Waals surface area contributed by atoms with Crippen molar-refractivity contribution in [2.24, 2.45) is 11.7 Å². The minimum absolute atomic E-state index is 0.0918. The normalized spacial score (nSPS) is 17.3. The highest BCUT2D eigenvalue weighted by molar-refractivity contribution is 7.17. The summed E-state index contributed by atoms with van der Waals surface area (Å²) in [6.45, 7) is 2.42. The average molecular weight is 791 g/mol. The molecule has 4 heterocycles. The van der Waals surface area contributed by atoms with Gasteiger partial charge in [0.15, 0.2) is 0 Å². The van der Waals surface area contributed by atoms with Gasteiger partial charge in [0, 0.05) is 47.0 Å². The summed E-state index contributed by atoms with van der Waals surface area (Å²) in [6, 6.07) is 21.6. The van der Waals surface area contributed by atoms with Crippen LogP contribution in [0, 0.1) is 5.92 Å². The van der Waals surface area contributed by atoms with Gasteiger partial charge in [-0.2, -0.15) is 0 Å². The molecular formula is C43H50N8O5S. The molecule has 5 aromatic rings. The van der Waals surface area contributed by atoms with Gasteiger partial charge in [-0.15, -0.1) is 11.3 Å². The lowest BCUT2D eigenvalue weighted by atomic mass is 9.87. The van der Waals surface area contributed by atoms with Crippen molar-refractivity contribution in [1.29, 1.82) is 0 Å². The quantitative estimate of drug-likeness (QED) is 0.0797. The van der Waals surface area contributed by atoms with E-state index in [4.69, 9.17) is 5.73 Å². The van der Waals surface area contributed by atoms with Gasteiger partial charge in [-0.1, -0.05) is 66.7 Å². The number of hydrogen-bond acceptors (Lipinski definition) is 8. The predicted molar refractivity (Wildman–Crippen MR) is 221 cm³/mol. The Bertz CT molecular complexity index is 2210. The Labute approximate surface area is 335 Å². The Balaban J connectivity index is 1.19. The van der Waals surface area contributed by atoms with Crippen LogP contribution in [0.5, 0.6) is 0 Å². The highest BCUT2D eigenvalue weighted by Crippen LogP contribution is 2.27. The largest absolute Gasteiger partial charge is 0.368 e. The molecule has 9 N–H and O–H groups in total. The van der Waals surface area contributed by atoms with Gasteiger partial charge in [0.2, 0.25) is 29.5 Å². The molecule has 2 aliphatic rings. The molecule has 3 atom stereocenters. The summed E-state index contributed by atoms with van der Waals surface area (Å²) in [5.74, 6) is -2.74. The number of primary amides is 1. The number of thiophene rings is 1. The zero-order valence-corrected chi connectivity index (χ0v) is 32.6. The van der Waals surface area contributed by atoms with E-state index in [0.717, 1.165) is 37.7 Å². The number of para-hydroxylation sites is 1. The van der Waals surface area contributed by atoms with Gasteiger partial charge in [-0.25, -0.2) is 0 Å². The first-order chi connectivity index (χ1) is 27.7. The van der Waals surface area contributed by atoms with Crippen molar-refractivity contribution in [3.63, 3.8) is 0 Å². The van der Waals surface area contributed by atoms with Crippen LogP contribution in [0.15, 0.2) is 90.4 Å². The summed E-state index contributed by atoms with van der Waals surface area (Å²) in [4.78, 5) is 73.0. The molecule has 2 fully saturated rings. The van der Waals surface area contributed by atoms with Gasteiger partial charge >= 0.3 is 0 Å². The first-order valence-corrected chi connectivity index (χ1v) is 20.6. The number of H-pyrrole nitrogens is 1. The Hall–Kier alpha value is -5.57. The van der Waals surface area contributed by atoms with Crippen LogP contribution in [0.2, 0.25) is 0 Å². The summed E-state index contributed by atoms with van der Waals surface area (Å²) in [6.07, 6.45) is 4.18. The van der Waals surface area contributed by atoms with Gasteiger partial charge < -0.3 is 42.6 Å². The number of piperidine rings is 2. The van der Waals surface area contributed by atoms with Gasteiger partial charge in [0.25, 0.3) is 0 Å². The fourth-order valence-electron chi connectivity index (χ4n) is 7.94. The third-order valence-electron chi connectivity index (χ3n) is 11.3. The van der Waals surface area contributed by atoms with Crippen molar-refractivity contribution in [1.82, 2.24) is 36.9 Å². The Morgan fingerprint density at radius 1 is 0.684 bits per heavy atom. The fourth-order valence-corrected chi connectivity index (χ4v) is 8.91. The molecule has 3 unspecified atom stereocenters. The maximum Gasteiger partial charge on any atom is 0.243 e. The number of fused-ring (bicyclic) bond motifs is 2. The van der Waals surface area contributed by atoms with Crippen molar-refractivity contribution in [3.8, 4) is 0 Å². The van der Waals surface area contributed by atoms with E-state index in [1.807, 2.05) is 90.4 Å². The number of nitrogens with two attached hydrogens (primary N) is 1. The molecule has 7 rings (SSSR count). The summed E-state index contributed by atoms with van der Waals surface area (Å²) in [5.41, 5.74) is 7.96. The Morgan fingerprint density at radius 2 is 1.28 bits per heavy atom. The second-order valence-corrected chi connectivity index (χ2v) is 16.0. The average Bonchev–Trinajstić information content (AvgIpc) is 3.84. The molecule has 2 saturated heterocycles. The molecule has 2 aliphatic heterocycles. The molecule has 2 aromatic heterocycles. The highest BCUT2D eigenvalue weighted by atomic mass is 32.1. The van der Waals surface area contributed by atoms with Gasteiger partial charge in [-0.3, -0.25) is 24.0 Å². The van der Waals surface area contributed by atoms with Crippen LogP contribution >= 0.6 is 11.3 Å². The lowest BCUT2D eigenvalue weighted by Crippen LogP contribution is -2.65. The van der Waals surface area contributed by atoms with Crippen LogP contribution < -0.4 is 37.6 Å². The number of benzene rings is 3. The minimum Gasteiger partial charge on any atom is -0.368 e. The number of rotatable bonds is 15. The second kappa shape index (κ2) is 18.1. The zero-order valence-electron chi connectivity index (χ0n) is 31.8. The number of hydrogen-bond donors (Lipinski definition) is 8. The molecule has 13 nitrogen and oxygen atoms in total. The fraction of sp³-hybridized carbons (Fsp3) is 0.372. The lowest BCUT2D eigenvalue weighted by molar-refractivity contribution is -0.136. The van der Waals surface area contributed by atoms with Gasteiger partial charge in [-0.05, 0) is 91.5 Å². The van der Waals surface area contributed by atoms with E-state index >= 15 is 0 Å². The predicted octanol–water partition coefficient (Wildman–Crippen LogP) is 2.59.